The Morgan fingerprint density at radius 3 is 2.89 bits per heavy atom. The predicted octanol–water partition coefficient (Wildman–Crippen LogP) is 3.05. The summed E-state index contributed by atoms with van der Waals surface area (Å²) in [6, 6.07) is 7.79. The average Bonchev–Trinajstić information content (AvgIpc) is 2.88. The quantitative estimate of drug-likeness (QED) is 0.766. The van der Waals surface area contributed by atoms with Gasteiger partial charge in [0.1, 0.15) is 5.75 Å². The highest BCUT2D eigenvalue weighted by atomic mass is 16.5. The fraction of sp³-hybridized carbons (Fsp3) is 0.400. The SMILES string of the molecule is CCOC(=O)C1CCC=C1c1ccccc1OC. The lowest BCUT2D eigenvalue weighted by Crippen LogP contribution is -2.17. The number of hydrogen-bond donors (Lipinski definition) is 0. The van der Waals surface area contributed by atoms with Gasteiger partial charge in [-0.05, 0) is 31.4 Å². The molecule has 96 valence electrons. The molecule has 0 heterocycles. The van der Waals surface area contributed by atoms with Crippen LogP contribution in [-0.4, -0.2) is 19.7 Å². The number of carbonyl (C=O) groups excluding carboxylic acids is 1. The summed E-state index contributed by atoms with van der Waals surface area (Å²) in [7, 11) is 1.65. The molecule has 0 fully saturated rings. The summed E-state index contributed by atoms with van der Waals surface area (Å²) in [5.41, 5.74) is 2.03. The van der Waals surface area contributed by atoms with Crippen molar-refractivity contribution in [3.63, 3.8) is 0 Å². The van der Waals surface area contributed by atoms with Gasteiger partial charge >= 0.3 is 5.97 Å². The number of carbonyl (C=O) groups is 1. The van der Waals surface area contributed by atoms with Crippen LogP contribution in [-0.2, 0) is 9.53 Å². The molecule has 0 saturated carbocycles. The van der Waals surface area contributed by atoms with Gasteiger partial charge in [-0.15, -0.1) is 0 Å². The van der Waals surface area contributed by atoms with Crippen molar-refractivity contribution in [2.24, 2.45) is 5.92 Å². The first-order valence-corrected chi connectivity index (χ1v) is 6.28. The molecule has 18 heavy (non-hydrogen) atoms. The lowest BCUT2D eigenvalue weighted by Gasteiger charge is -2.16. The maximum Gasteiger partial charge on any atom is 0.313 e. The molecule has 1 aliphatic carbocycles. The first kappa shape index (κ1) is 12.7. The Kier molecular flexibility index (Phi) is 4.03. The van der Waals surface area contributed by atoms with Gasteiger partial charge in [0.05, 0.1) is 19.6 Å². The van der Waals surface area contributed by atoms with E-state index >= 15 is 0 Å². The van der Waals surface area contributed by atoms with E-state index in [2.05, 4.69) is 6.08 Å². The monoisotopic (exact) mass is 246 g/mol. The van der Waals surface area contributed by atoms with E-state index in [1.807, 2.05) is 31.2 Å². The van der Waals surface area contributed by atoms with E-state index in [-0.39, 0.29) is 11.9 Å². The molecule has 1 unspecified atom stereocenters. The van der Waals surface area contributed by atoms with Crippen molar-refractivity contribution in [2.75, 3.05) is 13.7 Å². The van der Waals surface area contributed by atoms with Gasteiger partial charge in [0.15, 0.2) is 0 Å². The van der Waals surface area contributed by atoms with Crippen molar-refractivity contribution in [1.29, 1.82) is 0 Å². The minimum absolute atomic E-state index is 0.132. The number of hydrogen-bond acceptors (Lipinski definition) is 3. The normalized spacial score (nSPS) is 18.3. The second kappa shape index (κ2) is 5.71. The van der Waals surface area contributed by atoms with Gasteiger partial charge in [0.25, 0.3) is 0 Å². The molecule has 0 spiro atoms. The summed E-state index contributed by atoms with van der Waals surface area (Å²) in [5.74, 6) is 0.522. The highest BCUT2D eigenvalue weighted by Gasteiger charge is 2.29. The summed E-state index contributed by atoms with van der Waals surface area (Å²) in [6.07, 6.45) is 3.85. The second-order valence-electron chi connectivity index (χ2n) is 4.24. The molecule has 3 heteroatoms. The Bertz CT molecular complexity index is 463. The maximum absolute atomic E-state index is 11.9. The zero-order valence-corrected chi connectivity index (χ0v) is 10.8. The Labute approximate surface area is 107 Å². The summed E-state index contributed by atoms with van der Waals surface area (Å²) < 4.78 is 10.5. The van der Waals surface area contributed by atoms with Gasteiger partial charge in [-0.1, -0.05) is 24.3 Å². The minimum Gasteiger partial charge on any atom is -0.496 e. The van der Waals surface area contributed by atoms with Gasteiger partial charge in [0.2, 0.25) is 0 Å². The molecule has 2 rings (SSSR count). The fourth-order valence-electron chi connectivity index (χ4n) is 2.37. The van der Waals surface area contributed by atoms with Crippen LogP contribution in [0.4, 0.5) is 0 Å². The van der Waals surface area contributed by atoms with Gasteiger partial charge in [-0.3, -0.25) is 4.79 Å². The third-order valence-electron chi connectivity index (χ3n) is 3.18. The Hall–Kier alpha value is -1.77. The van der Waals surface area contributed by atoms with E-state index in [0.29, 0.717) is 6.61 Å². The smallest absolute Gasteiger partial charge is 0.313 e. The Balaban J connectivity index is 2.29. The molecule has 1 aliphatic rings. The molecule has 0 saturated heterocycles. The summed E-state index contributed by atoms with van der Waals surface area (Å²) in [4.78, 5) is 11.9. The van der Waals surface area contributed by atoms with Crippen molar-refractivity contribution in [3.8, 4) is 5.75 Å². The van der Waals surface area contributed by atoms with E-state index in [4.69, 9.17) is 9.47 Å². The van der Waals surface area contributed by atoms with Crippen molar-refractivity contribution < 1.29 is 14.3 Å². The average molecular weight is 246 g/mol. The number of methoxy groups -OCH3 is 1. The van der Waals surface area contributed by atoms with Crippen LogP contribution in [0.1, 0.15) is 25.3 Å². The van der Waals surface area contributed by atoms with Crippen LogP contribution in [0.5, 0.6) is 5.75 Å². The molecule has 1 atom stereocenters. The summed E-state index contributed by atoms with van der Waals surface area (Å²) >= 11 is 0. The molecule has 0 amide bonds. The molecular formula is C15H18O3. The molecule has 0 aromatic heterocycles. The molecule has 0 radical (unpaired) electrons. The van der Waals surface area contributed by atoms with Gasteiger partial charge in [0, 0.05) is 5.56 Å². The van der Waals surface area contributed by atoms with E-state index < -0.39 is 0 Å². The third-order valence-corrected chi connectivity index (χ3v) is 3.18. The second-order valence-corrected chi connectivity index (χ2v) is 4.24. The van der Waals surface area contributed by atoms with Crippen LogP contribution in [0, 0.1) is 5.92 Å². The van der Waals surface area contributed by atoms with Gasteiger partial charge < -0.3 is 9.47 Å². The molecule has 1 aromatic carbocycles. The highest BCUT2D eigenvalue weighted by Crippen LogP contribution is 2.38. The third kappa shape index (κ3) is 2.40. The Morgan fingerprint density at radius 2 is 2.17 bits per heavy atom. The van der Waals surface area contributed by atoms with Crippen LogP contribution in [0.2, 0.25) is 0 Å². The number of esters is 1. The molecule has 0 N–H and O–H groups in total. The molecule has 1 aromatic rings. The van der Waals surface area contributed by atoms with Gasteiger partial charge in [-0.2, -0.15) is 0 Å². The number of rotatable bonds is 4. The lowest BCUT2D eigenvalue weighted by atomic mass is 9.94. The zero-order valence-electron chi connectivity index (χ0n) is 10.8. The van der Waals surface area contributed by atoms with Crippen LogP contribution in [0.25, 0.3) is 5.57 Å². The lowest BCUT2D eigenvalue weighted by molar-refractivity contribution is -0.145. The summed E-state index contributed by atoms with van der Waals surface area (Å²) in [5, 5.41) is 0. The first-order valence-electron chi connectivity index (χ1n) is 6.28. The van der Waals surface area contributed by atoms with Crippen LogP contribution < -0.4 is 4.74 Å². The van der Waals surface area contributed by atoms with E-state index in [1.54, 1.807) is 7.11 Å². The molecular weight excluding hydrogens is 228 g/mol. The fourth-order valence-corrected chi connectivity index (χ4v) is 2.37. The topological polar surface area (TPSA) is 35.5 Å². The van der Waals surface area contributed by atoms with Crippen molar-refractivity contribution in [3.05, 3.63) is 35.9 Å². The number of para-hydroxylation sites is 1. The minimum atomic E-state index is -0.152. The number of allylic oxidation sites excluding steroid dienone is 1. The maximum atomic E-state index is 11.9. The van der Waals surface area contributed by atoms with Crippen molar-refractivity contribution in [1.82, 2.24) is 0 Å². The van der Waals surface area contributed by atoms with E-state index in [0.717, 1.165) is 29.7 Å². The zero-order chi connectivity index (χ0) is 13.0. The van der Waals surface area contributed by atoms with E-state index in [1.165, 1.54) is 0 Å². The standard InChI is InChI=1S/C15H18O3/c1-3-18-15(16)13-9-6-8-11(13)12-7-4-5-10-14(12)17-2/h4-5,7-8,10,13H,3,6,9H2,1-2H3. The highest BCUT2D eigenvalue weighted by molar-refractivity contribution is 5.91. The largest absolute Gasteiger partial charge is 0.496 e. The molecule has 3 nitrogen and oxygen atoms in total. The van der Waals surface area contributed by atoms with E-state index in [9.17, 15) is 4.79 Å². The van der Waals surface area contributed by atoms with Crippen LogP contribution in [0.15, 0.2) is 30.3 Å². The molecule has 0 aliphatic heterocycles. The van der Waals surface area contributed by atoms with Crippen LogP contribution in [0.3, 0.4) is 0 Å². The molecule has 0 bridgehead atoms. The van der Waals surface area contributed by atoms with Gasteiger partial charge in [-0.25, -0.2) is 0 Å². The van der Waals surface area contributed by atoms with Crippen molar-refractivity contribution >= 4 is 11.5 Å². The van der Waals surface area contributed by atoms with Crippen LogP contribution >= 0.6 is 0 Å². The number of benzene rings is 1. The Morgan fingerprint density at radius 1 is 1.39 bits per heavy atom. The first-order chi connectivity index (χ1) is 8.77. The predicted molar refractivity (Wildman–Crippen MR) is 70.3 cm³/mol. The number of ether oxygens (including phenoxy) is 2. The van der Waals surface area contributed by atoms with Crippen molar-refractivity contribution in [2.45, 2.75) is 19.8 Å². The summed E-state index contributed by atoms with van der Waals surface area (Å²) in [6.45, 7) is 2.26.